The van der Waals surface area contributed by atoms with E-state index in [4.69, 9.17) is 16.3 Å². The van der Waals surface area contributed by atoms with E-state index in [1.54, 1.807) is 0 Å². The molecule has 2 heterocycles. The summed E-state index contributed by atoms with van der Waals surface area (Å²) in [4.78, 5) is 14.4. The quantitative estimate of drug-likeness (QED) is 0.880. The average Bonchev–Trinajstić information content (AvgIpc) is 2.96. The van der Waals surface area contributed by atoms with Crippen molar-refractivity contribution in [3.63, 3.8) is 0 Å². The second-order valence-electron chi connectivity index (χ2n) is 5.91. The third kappa shape index (κ3) is 4.12. The van der Waals surface area contributed by atoms with Crippen LogP contribution in [0, 0.1) is 0 Å². The van der Waals surface area contributed by atoms with Crippen molar-refractivity contribution < 1.29 is 9.53 Å². The lowest BCUT2D eigenvalue weighted by molar-refractivity contribution is -0.122. The molecule has 2 aliphatic rings. The first-order valence-corrected chi connectivity index (χ1v) is 8.19. The molecule has 2 aliphatic heterocycles. The molecule has 3 rings (SSSR count). The molecule has 1 aromatic rings. The van der Waals surface area contributed by atoms with Gasteiger partial charge in [0.2, 0.25) is 5.91 Å². The number of morpholine rings is 1. The smallest absolute Gasteiger partial charge is 0.221 e. The predicted molar refractivity (Wildman–Crippen MR) is 87.4 cm³/mol. The third-order valence-corrected chi connectivity index (χ3v) is 4.39. The van der Waals surface area contributed by atoms with Crippen LogP contribution < -0.4 is 15.5 Å². The minimum Gasteiger partial charge on any atom is -0.378 e. The molecule has 2 fully saturated rings. The van der Waals surface area contributed by atoms with Gasteiger partial charge in [-0.2, -0.15) is 0 Å². The monoisotopic (exact) mass is 323 g/mol. The number of amides is 1. The van der Waals surface area contributed by atoms with Crippen molar-refractivity contribution in [3.8, 4) is 0 Å². The average molecular weight is 324 g/mol. The van der Waals surface area contributed by atoms with Crippen LogP contribution in [0.2, 0.25) is 5.02 Å². The van der Waals surface area contributed by atoms with Crippen LogP contribution in [-0.4, -0.2) is 50.8 Å². The molecule has 6 heteroatoms. The molecule has 0 aliphatic carbocycles. The van der Waals surface area contributed by atoms with Crippen LogP contribution in [-0.2, 0) is 9.53 Å². The standard InChI is InChI=1S/C16H22ClN3O2/c17-12-2-1-3-15(8-12)20-6-4-13(10-20)19-16(21)9-14-11-22-7-5-18-14/h1-3,8,13-14,18H,4-7,9-11H2,(H,19,21). The summed E-state index contributed by atoms with van der Waals surface area (Å²) in [6, 6.07) is 8.20. The number of carbonyl (C=O) groups excluding carboxylic acids is 1. The number of benzene rings is 1. The van der Waals surface area contributed by atoms with E-state index in [1.807, 2.05) is 18.2 Å². The zero-order chi connectivity index (χ0) is 15.4. The van der Waals surface area contributed by atoms with Gasteiger partial charge in [-0.3, -0.25) is 4.79 Å². The van der Waals surface area contributed by atoms with Gasteiger partial charge in [0.25, 0.3) is 0 Å². The fourth-order valence-corrected chi connectivity index (χ4v) is 3.23. The van der Waals surface area contributed by atoms with Gasteiger partial charge in [-0.1, -0.05) is 17.7 Å². The Morgan fingerprint density at radius 2 is 2.41 bits per heavy atom. The second-order valence-corrected chi connectivity index (χ2v) is 6.35. The number of ether oxygens (including phenoxy) is 1. The summed E-state index contributed by atoms with van der Waals surface area (Å²) in [5, 5.41) is 7.18. The van der Waals surface area contributed by atoms with Crippen molar-refractivity contribution in [1.82, 2.24) is 10.6 Å². The number of hydrogen-bond acceptors (Lipinski definition) is 4. The number of rotatable bonds is 4. The summed E-state index contributed by atoms with van der Waals surface area (Å²) in [7, 11) is 0. The van der Waals surface area contributed by atoms with Gasteiger partial charge in [-0.15, -0.1) is 0 Å². The lowest BCUT2D eigenvalue weighted by Gasteiger charge is -2.24. The van der Waals surface area contributed by atoms with Crippen LogP contribution in [0.5, 0.6) is 0 Å². The molecule has 22 heavy (non-hydrogen) atoms. The lowest BCUT2D eigenvalue weighted by Crippen LogP contribution is -2.46. The van der Waals surface area contributed by atoms with Gasteiger partial charge in [0, 0.05) is 48.8 Å². The minimum atomic E-state index is 0.0981. The summed E-state index contributed by atoms with van der Waals surface area (Å²) < 4.78 is 5.38. The van der Waals surface area contributed by atoms with Crippen molar-refractivity contribution >= 4 is 23.2 Å². The SMILES string of the molecule is O=C(CC1COCCN1)NC1CCN(c2cccc(Cl)c2)C1. The Hall–Kier alpha value is -1.30. The Morgan fingerprint density at radius 1 is 1.50 bits per heavy atom. The number of anilines is 1. The summed E-state index contributed by atoms with van der Waals surface area (Å²) in [6.45, 7) is 3.95. The number of nitrogens with zero attached hydrogens (tertiary/aromatic N) is 1. The van der Waals surface area contributed by atoms with E-state index < -0.39 is 0 Å². The second kappa shape index (κ2) is 7.31. The molecule has 1 amide bonds. The van der Waals surface area contributed by atoms with Crippen molar-refractivity contribution in [2.45, 2.75) is 24.9 Å². The van der Waals surface area contributed by atoms with Gasteiger partial charge < -0.3 is 20.3 Å². The molecular formula is C16H22ClN3O2. The van der Waals surface area contributed by atoms with Gasteiger partial charge in [-0.25, -0.2) is 0 Å². The third-order valence-electron chi connectivity index (χ3n) is 4.16. The van der Waals surface area contributed by atoms with Gasteiger partial charge >= 0.3 is 0 Å². The van der Waals surface area contributed by atoms with Gasteiger partial charge in [-0.05, 0) is 24.6 Å². The molecule has 5 nitrogen and oxygen atoms in total. The predicted octanol–water partition coefficient (Wildman–Crippen LogP) is 1.41. The number of carbonyl (C=O) groups is 1. The van der Waals surface area contributed by atoms with E-state index in [0.29, 0.717) is 13.0 Å². The molecule has 2 saturated heterocycles. The number of hydrogen-bond donors (Lipinski definition) is 2. The summed E-state index contributed by atoms with van der Waals surface area (Å²) in [5.74, 6) is 0.0981. The van der Waals surface area contributed by atoms with E-state index in [9.17, 15) is 4.79 Å². The molecule has 0 bridgehead atoms. The molecule has 0 spiro atoms. The topological polar surface area (TPSA) is 53.6 Å². The molecule has 0 radical (unpaired) electrons. The molecular weight excluding hydrogens is 302 g/mol. The molecule has 1 aromatic carbocycles. The number of nitrogens with one attached hydrogen (secondary N) is 2. The van der Waals surface area contributed by atoms with Gasteiger partial charge in [0.15, 0.2) is 0 Å². The van der Waals surface area contributed by atoms with E-state index >= 15 is 0 Å². The van der Waals surface area contributed by atoms with Crippen LogP contribution in [0.1, 0.15) is 12.8 Å². The number of halogens is 1. The Kier molecular flexibility index (Phi) is 5.18. The van der Waals surface area contributed by atoms with Crippen LogP contribution in [0.4, 0.5) is 5.69 Å². The Morgan fingerprint density at radius 3 is 3.18 bits per heavy atom. The molecule has 2 atom stereocenters. The molecule has 2 N–H and O–H groups in total. The Bertz CT molecular complexity index is 520. The van der Waals surface area contributed by atoms with Crippen LogP contribution in [0.15, 0.2) is 24.3 Å². The first-order valence-electron chi connectivity index (χ1n) is 7.82. The summed E-state index contributed by atoms with van der Waals surface area (Å²) in [6.07, 6.45) is 1.44. The van der Waals surface area contributed by atoms with Crippen molar-refractivity contribution in [2.24, 2.45) is 0 Å². The summed E-state index contributed by atoms with van der Waals surface area (Å²) >= 11 is 6.04. The first-order chi connectivity index (χ1) is 10.7. The highest BCUT2D eigenvalue weighted by Gasteiger charge is 2.25. The van der Waals surface area contributed by atoms with Gasteiger partial charge in [0.1, 0.15) is 0 Å². The van der Waals surface area contributed by atoms with Crippen molar-refractivity contribution in [1.29, 1.82) is 0 Å². The lowest BCUT2D eigenvalue weighted by atomic mass is 10.1. The molecule has 0 saturated carbocycles. The fraction of sp³-hybridized carbons (Fsp3) is 0.562. The highest BCUT2D eigenvalue weighted by Crippen LogP contribution is 2.23. The van der Waals surface area contributed by atoms with Gasteiger partial charge in [0.05, 0.1) is 13.2 Å². The van der Waals surface area contributed by atoms with E-state index in [1.165, 1.54) is 0 Å². The summed E-state index contributed by atoms with van der Waals surface area (Å²) in [5.41, 5.74) is 1.12. The van der Waals surface area contributed by atoms with E-state index in [2.05, 4.69) is 21.6 Å². The fourth-order valence-electron chi connectivity index (χ4n) is 3.05. The first kappa shape index (κ1) is 15.6. The maximum absolute atomic E-state index is 12.1. The maximum atomic E-state index is 12.1. The van der Waals surface area contributed by atoms with Crippen LogP contribution in [0.3, 0.4) is 0 Å². The van der Waals surface area contributed by atoms with E-state index in [-0.39, 0.29) is 18.0 Å². The molecule has 120 valence electrons. The van der Waals surface area contributed by atoms with E-state index in [0.717, 1.165) is 43.4 Å². The Balaban J connectivity index is 1.47. The zero-order valence-corrected chi connectivity index (χ0v) is 13.3. The normalized spacial score (nSPS) is 25.2. The maximum Gasteiger partial charge on any atom is 0.221 e. The van der Waals surface area contributed by atoms with Crippen LogP contribution >= 0.6 is 11.6 Å². The highest BCUT2D eigenvalue weighted by molar-refractivity contribution is 6.30. The van der Waals surface area contributed by atoms with Crippen molar-refractivity contribution in [2.75, 3.05) is 37.7 Å². The van der Waals surface area contributed by atoms with Crippen LogP contribution in [0.25, 0.3) is 0 Å². The largest absolute Gasteiger partial charge is 0.378 e. The minimum absolute atomic E-state index is 0.0981. The van der Waals surface area contributed by atoms with Crippen molar-refractivity contribution in [3.05, 3.63) is 29.3 Å². The molecule has 2 unspecified atom stereocenters. The molecule has 0 aromatic heterocycles. The zero-order valence-electron chi connectivity index (χ0n) is 12.6. The Labute approximate surface area is 136 Å². The highest BCUT2D eigenvalue weighted by atomic mass is 35.5.